The Labute approximate surface area is 187 Å². The largest absolute Gasteiger partial charge is 0.333 e. The van der Waals surface area contributed by atoms with Gasteiger partial charge in [-0.3, -0.25) is 9.59 Å². The molecule has 2 aromatic heterocycles. The lowest BCUT2D eigenvalue weighted by molar-refractivity contribution is -0.116. The van der Waals surface area contributed by atoms with Gasteiger partial charge in [-0.05, 0) is 67.9 Å². The van der Waals surface area contributed by atoms with Gasteiger partial charge in [-0.15, -0.1) is 0 Å². The number of carbonyl (C=O) groups excluding carboxylic acids is 1. The van der Waals surface area contributed by atoms with E-state index < -0.39 is 5.56 Å². The molecule has 0 radical (unpaired) electrons. The fraction of sp³-hybridized carbons (Fsp3) is 0.130. The first-order valence-corrected chi connectivity index (χ1v) is 10.1. The van der Waals surface area contributed by atoms with E-state index in [1.807, 2.05) is 0 Å². The van der Waals surface area contributed by atoms with E-state index in [2.05, 4.69) is 15.5 Å². The summed E-state index contributed by atoms with van der Waals surface area (Å²) < 4.78 is 19.8. The second-order valence-corrected chi connectivity index (χ2v) is 7.66. The monoisotopic (exact) mass is 452 g/mol. The quantitative estimate of drug-likeness (QED) is 0.477. The molecule has 1 amide bonds. The molecule has 0 unspecified atom stereocenters. The fourth-order valence-electron chi connectivity index (χ4n) is 3.34. The van der Waals surface area contributed by atoms with E-state index in [-0.39, 0.29) is 35.5 Å². The number of rotatable bonds is 5. The van der Waals surface area contributed by atoms with Crippen molar-refractivity contribution < 1.29 is 13.7 Å². The number of benzene rings is 2. The SMILES string of the molecule is Cc1cc(C)n(CC(=O)Nc2cccc(Cl)c2)c(=O)c1-c1nc(-c2ccc(F)cc2)no1. The van der Waals surface area contributed by atoms with E-state index in [1.165, 1.54) is 28.8 Å². The molecule has 162 valence electrons. The molecule has 0 saturated carbocycles. The number of nitrogens with zero attached hydrogens (tertiary/aromatic N) is 3. The molecule has 0 aliphatic rings. The first-order valence-electron chi connectivity index (χ1n) is 9.68. The second kappa shape index (κ2) is 8.76. The molecule has 32 heavy (non-hydrogen) atoms. The highest BCUT2D eigenvalue weighted by Crippen LogP contribution is 2.23. The minimum Gasteiger partial charge on any atom is -0.333 e. The van der Waals surface area contributed by atoms with Crippen LogP contribution in [-0.4, -0.2) is 20.6 Å². The number of hydrogen-bond acceptors (Lipinski definition) is 5. The molecule has 0 bridgehead atoms. The number of hydrogen-bond donors (Lipinski definition) is 1. The maximum Gasteiger partial charge on any atom is 0.264 e. The smallest absolute Gasteiger partial charge is 0.264 e. The molecule has 0 saturated heterocycles. The van der Waals surface area contributed by atoms with Crippen LogP contribution in [0.2, 0.25) is 5.02 Å². The van der Waals surface area contributed by atoms with E-state index in [0.29, 0.717) is 27.5 Å². The number of halogens is 2. The topological polar surface area (TPSA) is 90.0 Å². The predicted molar refractivity (Wildman–Crippen MR) is 119 cm³/mol. The van der Waals surface area contributed by atoms with Crippen molar-refractivity contribution in [2.24, 2.45) is 0 Å². The van der Waals surface area contributed by atoms with Gasteiger partial charge in [-0.2, -0.15) is 4.98 Å². The molecule has 0 atom stereocenters. The van der Waals surface area contributed by atoms with Crippen LogP contribution in [0, 0.1) is 19.7 Å². The van der Waals surface area contributed by atoms with Crippen LogP contribution < -0.4 is 10.9 Å². The van der Waals surface area contributed by atoms with Gasteiger partial charge >= 0.3 is 0 Å². The number of pyridine rings is 1. The molecular formula is C23H18ClFN4O3. The highest BCUT2D eigenvalue weighted by molar-refractivity contribution is 6.30. The summed E-state index contributed by atoms with van der Waals surface area (Å²) in [5.41, 5.74) is 2.09. The summed E-state index contributed by atoms with van der Waals surface area (Å²) in [4.78, 5) is 30.1. The van der Waals surface area contributed by atoms with Crippen molar-refractivity contribution in [3.8, 4) is 22.8 Å². The Morgan fingerprint density at radius 2 is 1.91 bits per heavy atom. The van der Waals surface area contributed by atoms with Crippen LogP contribution in [0.15, 0.2) is 63.9 Å². The molecular weight excluding hydrogens is 435 g/mol. The van der Waals surface area contributed by atoms with E-state index in [9.17, 15) is 14.0 Å². The molecule has 1 N–H and O–H groups in total. The van der Waals surface area contributed by atoms with Gasteiger partial charge in [0.25, 0.3) is 11.4 Å². The van der Waals surface area contributed by atoms with Gasteiger partial charge in [-0.25, -0.2) is 4.39 Å². The summed E-state index contributed by atoms with van der Waals surface area (Å²) in [5.74, 6) is -0.518. The number of aryl methyl sites for hydroxylation is 2. The average molecular weight is 453 g/mol. The van der Waals surface area contributed by atoms with Crippen molar-refractivity contribution in [1.82, 2.24) is 14.7 Å². The summed E-state index contributed by atoms with van der Waals surface area (Å²) in [6.45, 7) is 3.29. The first kappa shape index (κ1) is 21.5. The van der Waals surface area contributed by atoms with Crippen LogP contribution in [0.25, 0.3) is 22.8 Å². The first-order chi connectivity index (χ1) is 15.3. The van der Waals surface area contributed by atoms with E-state index in [0.717, 1.165) is 0 Å². The summed E-state index contributed by atoms with van der Waals surface area (Å²) in [6.07, 6.45) is 0. The van der Waals surface area contributed by atoms with Crippen LogP contribution in [0.5, 0.6) is 0 Å². The van der Waals surface area contributed by atoms with Crippen LogP contribution >= 0.6 is 11.6 Å². The molecule has 2 aromatic carbocycles. The molecule has 4 rings (SSSR count). The Morgan fingerprint density at radius 1 is 1.16 bits per heavy atom. The second-order valence-electron chi connectivity index (χ2n) is 7.22. The minimum absolute atomic E-state index is 0.0239. The molecule has 0 aliphatic carbocycles. The summed E-state index contributed by atoms with van der Waals surface area (Å²) >= 11 is 5.95. The summed E-state index contributed by atoms with van der Waals surface area (Å²) in [6, 6.07) is 14.1. The van der Waals surface area contributed by atoms with Crippen molar-refractivity contribution in [3.05, 3.63) is 87.0 Å². The zero-order valence-corrected chi connectivity index (χ0v) is 18.0. The van der Waals surface area contributed by atoms with E-state index in [4.69, 9.17) is 16.1 Å². The highest BCUT2D eigenvalue weighted by atomic mass is 35.5. The lowest BCUT2D eigenvalue weighted by Gasteiger charge is -2.13. The molecule has 0 spiro atoms. The lowest BCUT2D eigenvalue weighted by atomic mass is 10.1. The van der Waals surface area contributed by atoms with Gasteiger partial charge in [0, 0.05) is 22.0 Å². The molecule has 0 fully saturated rings. The van der Waals surface area contributed by atoms with Gasteiger partial charge in [0.15, 0.2) is 0 Å². The van der Waals surface area contributed by atoms with Crippen LogP contribution in [0.3, 0.4) is 0 Å². The normalized spacial score (nSPS) is 10.9. The summed E-state index contributed by atoms with van der Waals surface area (Å²) in [5, 5.41) is 7.12. The third-order valence-electron chi connectivity index (χ3n) is 4.86. The van der Waals surface area contributed by atoms with Gasteiger partial charge in [0.2, 0.25) is 11.7 Å². The molecule has 7 nitrogen and oxygen atoms in total. The van der Waals surface area contributed by atoms with E-state index >= 15 is 0 Å². The maximum atomic E-state index is 13.2. The highest BCUT2D eigenvalue weighted by Gasteiger charge is 2.20. The van der Waals surface area contributed by atoms with Crippen molar-refractivity contribution in [1.29, 1.82) is 0 Å². The van der Waals surface area contributed by atoms with Crippen molar-refractivity contribution in [3.63, 3.8) is 0 Å². The standard InChI is InChI=1S/C23H18ClFN4O3/c1-13-10-14(2)29(12-19(30)26-18-5-3-4-16(24)11-18)23(31)20(13)22-27-21(28-32-22)15-6-8-17(25)9-7-15/h3-11H,12H2,1-2H3,(H,26,30). The number of aromatic nitrogens is 3. The fourth-order valence-corrected chi connectivity index (χ4v) is 3.53. The zero-order chi connectivity index (χ0) is 22.8. The van der Waals surface area contributed by atoms with Gasteiger partial charge in [0.1, 0.15) is 17.9 Å². The Kier molecular flexibility index (Phi) is 5.87. The number of anilines is 1. The lowest BCUT2D eigenvalue weighted by Crippen LogP contribution is -2.30. The van der Waals surface area contributed by atoms with Crippen molar-refractivity contribution >= 4 is 23.2 Å². The van der Waals surface area contributed by atoms with Crippen LogP contribution in [-0.2, 0) is 11.3 Å². The third-order valence-corrected chi connectivity index (χ3v) is 5.09. The van der Waals surface area contributed by atoms with Crippen LogP contribution in [0.4, 0.5) is 10.1 Å². The molecule has 9 heteroatoms. The van der Waals surface area contributed by atoms with E-state index in [1.54, 1.807) is 44.2 Å². The van der Waals surface area contributed by atoms with Gasteiger partial charge < -0.3 is 14.4 Å². The van der Waals surface area contributed by atoms with Gasteiger partial charge in [0.05, 0.1) is 0 Å². The van der Waals surface area contributed by atoms with Crippen molar-refractivity contribution in [2.45, 2.75) is 20.4 Å². The van der Waals surface area contributed by atoms with Crippen LogP contribution in [0.1, 0.15) is 11.3 Å². The Bertz CT molecular complexity index is 1360. The number of carbonyl (C=O) groups is 1. The number of nitrogens with one attached hydrogen (secondary N) is 1. The molecule has 2 heterocycles. The molecule has 4 aromatic rings. The minimum atomic E-state index is -0.432. The maximum absolute atomic E-state index is 13.2. The van der Waals surface area contributed by atoms with Crippen molar-refractivity contribution in [2.75, 3.05) is 5.32 Å². The Morgan fingerprint density at radius 3 is 2.62 bits per heavy atom. The summed E-state index contributed by atoms with van der Waals surface area (Å²) in [7, 11) is 0. The average Bonchev–Trinajstić information content (AvgIpc) is 3.21. The molecule has 0 aliphatic heterocycles. The predicted octanol–water partition coefficient (Wildman–Crippen LogP) is 4.61. The third kappa shape index (κ3) is 4.45. The zero-order valence-electron chi connectivity index (χ0n) is 17.2. The Hall–Kier alpha value is -3.78. The Balaban J connectivity index is 1.65. The number of amides is 1. The van der Waals surface area contributed by atoms with Gasteiger partial charge in [-0.1, -0.05) is 22.8 Å².